The molecule has 2 aliphatic rings. The summed E-state index contributed by atoms with van der Waals surface area (Å²) in [6.07, 6.45) is 1.25. The molecule has 2 bridgehead atoms. The van der Waals surface area contributed by atoms with Crippen LogP contribution < -0.4 is 10.6 Å². The van der Waals surface area contributed by atoms with Gasteiger partial charge in [-0.25, -0.2) is 0 Å². The van der Waals surface area contributed by atoms with Crippen LogP contribution in [0.2, 0.25) is 0 Å². The van der Waals surface area contributed by atoms with Crippen molar-refractivity contribution in [1.29, 1.82) is 0 Å². The summed E-state index contributed by atoms with van der Waals surface area (Å²) in [5, 5.41) is 7.24. The third kappa shape index (κ3) is 1.32. The molecule has 2 heterocycles. The van der Waals surface area contributed by atoms with E-state index in [1.54, 1.807) is 0 Å². The molecule has 0 aliphatic carbocycles. The quantitative estimate of drug-likeness (QED) is 0.720. The molecule has 0 saturated carbocycles. The van der Waals surface area contributed by atoms with Crippen molar-refractivity contribution in [1.82, 2.24) is 10.6 Å². The van der Waals surface area contributed by atoms with Crippen molar-refractivity contribution in [3.8, 4) is 0 Å². The maximum atomic E-state index is 3.67. The van der Waals surface area contributed by atoms with Gasteiger partial charge in [0.2, 0.25) is 0 Å². The van der Waals surface area contributed by atoms with Crippen LogP contribution in [0.3, 0.4) is 0 Å². The zero-order valence-electron chi connectivity index (χ0n) is 9.43. The first kappa shape index (κ1) is 9.37. The molecule has 1 aromatic rings. The van der Waals surface area contributed by atoms with Crippen LogP contribution in [0.15, 0.2) is 18.2 Å². The predicted octanol–water partition coefficient (Wildman–Crippen LogP) is 1.46. The van der Waals surface area contributed by atoms with Crippen LogP contribution in [0.1, 0.15) is 23.1 Å². The Balaban J connectivity index is 2.02. The molecule has 0 amide bonds. The Morgan fingerprint density at radius 3 is 2.67 bits per heavy atom. The van der Waals surface area contributed by atoms with Gasteiger partial charge in [0.05, 0.1) is 5.54 Å². The third-order valence-electron chi connectivity index (χ3n) is 4.03. The highest BCUT2D eigenvalue weighted by atomic mass is 15.2. The summed E-state index contributed by atoms with van der Waals surface area (Å²) in [6, 6.07) is 7.56. The SMILES string of the molecule is Cc1ccc(C23CNC(CN2)C3)cc1C. The van der Waals surface area contributed by atoms with Crippen LogP contribution in [-0.4, -0.2) is 19.1 Å². The monoisotopic (exact) mass is 202 g/mol. The number of benzene rings is 1. The molecule has 80 valence electrons. The van der Waals surface area contributed by atoms with Crippen LogP contribution in [0.25, 0.3) is 0 Å². The minimum atomic E-state index is 0.225. The van der Waals surface area contributed by atoms with Crippen molar-refractivity contribution >= 4 is 0 Å². The average Bonchev–Trinajstić information content (AvgIpc) is 2.83. The summed E-state index contributed by atoms with van der Waals surface area (Å²) < 4.78 is 0. The van der Waals surface area contributed by atoms with Gasteiger partial charge in [-0.15, -0.1) is 0 Å². The second-order valence-corrected chi connectivity index (χ2v) is 5.04. The first-order valence-electron chi connectivity index (χ1n) is 5.76. The highest BCUT2D eigenvalue weighted by molar-refractivity contribution is 5.36. The second-order valence-electron chi connectivity index (χ2n) is 5.04. The Bertz CT molecular complexity index is 390. The van der Waals surface area contributed by atoms with E-state index in [1.165, 1.54) is 23.1 Å². The molecule has 2 unspecified atom stereocenters. The molecule has 0 radical (unpaired) electrons. The number of aryl methyl sites for hydroxylation is 2. The molecular weight excluding hydrogens is 184 g/mol. The predicted molar refractivity (Wildman–Crippen MR) is 62.0 cm³/mol. The van der Waals surface area contributed by atoms with Crippen LogP contribution >= 0.6 is 0 Å². The summed E-state index contributed by atoms with van der Waals surface area (Å²) in [5.74, 6) is 0. The smallest absolute Gasteiger partial charge is 0.0577 e. The lowest BCUT2D eigenvalue weighted by Gasteiger charge is -2.29. The molecule has 2 heteroatoms. The summed E-state index contributed by atoms with van der Waals surface area (Å²) >= 11 is 0. The fourth-order valence-corrected chi connectivity index (χ4v) is 2.84. The van der Waals surface area contributed by atoms with E-state index in [-0.39, 0.29) is 5.54 Å². The first-order valence-corrected chi connectivity index (χ1v) is 5.76. The van der Waals surface area contributed by atoms with Gasteiger partial charge in [0.25, 0.3) is 0 Å². The standard InChI is InChI=1S/C13H18N2/c1-9-3-4-11(5-10(9)2)13-6-12(7-15-13)14-8-13/h3-5,12,14-15H,6-8H2,1-2H3. The van der Waals surface area contributed by atoms with Crippen molar-refractivity contribution in [3.63, 3.8) is 0 Å². The van der Waals surface area contributed by atoms with Crippen molar-refractivity contribution in [2.24, 2.45) is 0 Å². The van der Waals surface area contributed by atoms with E-state index in [1.807, 2.05) is 0 Å². The summed E-state index contributed by atoms with van der Waals surface area (Å²) in [5.41, 5.74) is 4.47. The average molecular weight is 202 g/mol. The highest BCUT2D eigenvalue weighted by Gasteiger charge is 2.45. The van der Waals surface area contributed by atoms with Gasteiger partial charge < -0.3 is 10.6 Å². The molecule has 2 saturated heterocycles. The van der Waals surface area contributed by atoms with Gasteiger partial charge in [-0.2, -0.15) is 0 Å². The normalized spacial score (nSPS) is 33.6. The second kappa shape index (κ2) is 3.06. The van der Waals surface area contributed by atoms with Crippen LogP contribution in [0.5, 0.6) is 0 Å². The number of hydrogen-bond acceptors (Lipinski definition) is 2. The number of hydrogen-bond donors (Lipinski definition) is 2. The lowest BCUT2D eigenvalue weighted by Crippen LogP contribution is -2.47. The summed E-state index contributed by atoms with van der Waals surface area (Å²) in [6.45, 7) is 6.58. The Labute approximate surface area is 91.1 Å². The van der Waals surface area contributed by atoms with Crippen molar-refractivity contribution in [2.45, 2.75) is 31.8 Å². The lowest BCUT2D eigenvalue weighted by molar-refractivity contribution is 0.392. The van der Waals surface area contributed by atoms with E-state index in [2.05, 4.69) is 42.7 Å². The molecule has 0 aromatic heterocycles. The molecule has 2 N–H and O–H groups in total. The zero-order valence-corrected chi connectivity index (χ0v) is 9.43. The van der Waals surface area contributed by atoms with Gasteiger partial charge >= 0.3 is 0 Å². The van der Waals surface area contributed by atoms with E-state index >= 15 is 0 Å². The third-order valence-corrected chi connectivity index (χ3v) is 4.03. The van der Waals surface area contributed by atoms with E-state index in [9.17, 15) is 0 Å². The van der Waals surface area contributed by atoms with Crippen molar-refractivity contribution in [3.05, 3.63) is 34.9 Å². The van der Waals surface area contributed by atoms with E-state index in [4.69, 9.17) is 0 Å². The number of nitrogens with one attached hydrogen (secondary N) is 2. The number of rotatable bonds is 1. The Morgan fingerprint density at radius 1 is 1.27 bits per heavy atom. The molecule has 2 nitrogen and oxygen atoms in total. The maximum absolute atomic E-state index is 3.67. The van der Waals surface area contributed by atoms with Gasteiger partial charge in [-0.3, -0.25) is 0 Å². The van der Waals surface area contributed by atoms with E-state index in [0.717, 1.165) is 13.1 Å². The Hall–Kier alpha value is -0.860. The minimum Gasteiger partial charge on any atom is -0.310 e. The molecule has 2 fully saturated rings. The molecule has 1 aromatic carbocycles. The van der Waals surface area contributed by atoms with Gasteiger partial charge in [0, 0.05) is 19.1 Å². The summed E-state index contributed by atoms with van der Waals surface area (Å²) in [4.78, 5) is 0. The number of piperazine rings is 1. The van der Waals surface area contributed by atoms with Crippen molar-refractivity contribution in [2.75, 3.05) is 13.1 Å². The number of fused-ring (bicyclic) bond motifs is 2. The molecule has 2 atom stereocenters. The molecular formula is C13H18N2. The minimum absolute atomic E-state index is 0.225. The highest BCUT2D eigenvalue weighted by Crippen LogP contribution is 2.35. The summed E-state index contributed by atoms with van der Waals surface area (Å²) in [7, 11) is 0. The molecule has 0 spiro atoms. The Morgan fingerprint density at radius 2 is 2.13 bits per heavy atom. The molecule has 2 aliphatic heterocycles. The van der Waals surface area contributed by atoms with Gasteiger partial charge in [-0.1, -0.05) is 18.2 Å². The molecule has 3 rings (SSSR count). The topological polar surface area (TPSA) is 24.1 Å². The van der Waals surface area contributed by atoms with Gasteiger partial charge in [0.15, 0.2) is 0 Å². The fraction of sp³-hybridized carbons (Fsp3) is 0.538. The fourth-order valence-electron chi connectivity index (χ4n) is 2.84. The van der Waals surface area contributed by atoms with E-state index in [0.29, 0.717) is 6.04 Å². The molecule has 15 heavy (non-hydrogen) atoms. The zero-order chi connectivity index (χ0) is 10.5. The lowest BCUT2D eigenvalue weighted by atomic mass is 9.88. The van der Waals surface area contributed by atoms with E-state index < -0.39 is 0 Å². The van der Waals surface area contributed by atoms with Crippen LogP contribution in [0.4, 0.5) is 0 Å². The first-order chi connectivity index (χ1) is 7.20. The Kier molecular flexibility index (Phi) is 1.91. The van der Waals surface area contributed by atoms with Gasteiger partial charge in [0.1, 0.15) is 0 Å². The maximum Gasteiger partial charge on any atom is 0.0577 e. The van der Waals surface area contributed by atoms with Gasteiger partial charge in [-0.05, 0) is 37.0 Å². The van der Waals surface area contributed by atoms with Crippen molar-refractivity contribution < 1.29 is 0 Å². The van der Waals surface area contributed by atoms with Crippen LogP contribution in [-0.2, 0) is 5.54 Å². The largest absolute Gasteiger partial charge is 0.310 e. The van der Waals surface area contributed by atoms with Crippen LogP contribution in [0, 0.1) is 13.8 Å².